The molecule has 9 nitrogen and oxygen atoms in total. The first-order valence-electron chi connectivity index (χ1n) is 12.7. The van der Waals surface area contributed by atoms with Gasteiger partial charge in [0.15, 0.2) is 11.5 Å². The number of aryl methyl sites for hydroxylation is 1. The van der Waals surface area contributed by atoms with Crippen LogP contribution in [0.15, 0.2) is 61.0 Å². The molecule has 0 bridgehead atoms. The van der Waals surface area contributed by atoms with Gasteiger partial charge >= 0.3 is 0 Å². The first-order valence-corrected chi connectivity index (χ1v) is 12.7. The number of hydrogen-bond acceptors (Lipinski definition) is 8. The van der Waals surface area contributed by atoms with Gasteiger partial charge in [-0.1, -0.05) is 13.5 Å². The van der Waals surface area contributed by atoms with Crippen LogP contribution in [0.2, 0.25) is 0 Å². The maximum Gasteiger partial charge on any atom is 0.293 e. The molecule has 9 heteroatoms. The monoisotopic (exact) mass is 499 g/mol. The Hall–Kier alpha value is -4.11. The van der Waals surface area contributed by atoms with E-state index in [1.807, 2.05) is 32.0 Å². The average Bonchev–Trinajstić information content (AvgIpc) is 2.92. The summed E-state index contributed by atoms with van der Waals surface area (Å²) < 4.78 is 5.59. The van der Waals surface area contributed by atoms with Gasteiger partial charge in [0.2, 0.25) is 5.95 Å². The normalized spacial score (nSPS) is 15.9. The molecule has 0 unspecified atom stereocenters. The fourth-order valence-corrected chi connectivity index (χ4v) is 4.62. The van der Waals surface area contributed by atoms with E-state index in [1.165, 1.54) is 5.69 Å². The standard InChI is InChI=1S/C28H33N7O2/c1-5-33-13-15-34(16-14-33)23-10-7-21(8-11-23)31-28-29-18-19(3)26(32-28)30-22-9-12-25-24(17-22)35(6-2)27(36)20(4)37-25/h7-12,17-18H,4-6,13-16H2,1-3H3,(H2,29,30,31,32). The highest BCUT2D eigenvalue weighted by molar-refractivity contribution is 6.07. The molecule has 1 aromatic heterocycles. The average molecular weight is 500 g/mol. The van der Waals surface area contributed by atoms with Crippen molar-refractivity contribution < 1.29 is 9.53 Å². The number of anilines is 6. The van der Waals surface area contributed by atoms with Gasteiger partial charge in [0.25, 0.3) is 5.91 Å². The lowest BCUT2D eigenvalue weighted by Gasteiger charge is -2.35. The lowest BCUT2D eigenvalue weighted by molar-refractivity contribution is -0.117. The number of nitrogens with zero attached hydrogens (tertiary/aromatic N) is 5. The molecule has 2 aliphatic heterocycles. The Labute approximate surface area is 217 Å². The predicted octanol–water partition coefficient (Wildman–Crippen LogP) is 4.67. The second-order valence-electron chi connectivity index (χ2n) is 9.20. The summed E-state index contributed by atoms with van der Waals surface area (Å²) in [5.74, 6) is 1.68. The van der Waals surface area contributed by atoms with E-state index < -0.39 is 0 Å². The van der Waals surface area contributed by atoms with Crippen molar-refractivity contribution in [3.8, 4) is 5.75 Å². The van der Waals surface area contributed by atoms with Crippen LogP contribution in [0.25, 0.3) is 0 Å². The van der Waals surface area contributed by atoms with Gasteiger partial charge in [0.05, 0.1) is 5.69 Å². The molecule has 1 fully saturated rings. The summed E-state index contributed by atoms with van der Waals surface area (Å²) in [7, 11) is 0. The van der Waals surface area contributed by atoms with Gasteiger partial charge < -0.3 is 30.1 Å². The number of aromatic nitrogens is 2. The summed E-state index contributed by atoms with van der Waals surface area (Å²) in [6.07, 6.45) is 1.78. The van der Waals surface area contributed by atoms with E-state index in [-0.39, 0.29) is 11.7 Å². The van der Waals surface area contributed by atoms with Crippen molar-refractivity contribution in [2.75, 3.05) is 59.7 Å². The van der Waals surface area contributed by atoms with Crippen LogP contribution >= 0.6 is 0 Å². The zero-order chi connectivity index (χ0) is 25.9. The molecule has 0 aliphatic carbocycles. The van der Waals surface area contributed by atoms with Crippen molar-refractivity contribution in [3.05, 3.63) is 66.6 Å². The summed E-state index contributed by atoms with van der Waals surface area (Å²) in [6, 6.07) is 14.0. The lowest BCUT2D eigenvalue weighted by Crippen LogP contribution is -2.46. The zero-order valence-corrected chi connectivity index (χ0v) is 21.6. The Morgan fingerprint density at radius 2 is 1.70 bits per heavy atom. The van der Waals surface area contributed by atoms with E-state index in [0.29, 0.717) is 29.7 Å². The van der Waals surface area contributed by atoms with Crippen molar-refractivity contribution in [3.63, 3.8) is 0 Å². The molecule has 37 heavy (non-hydrogen) atoms. The van der Waals surface area contributed by atoms with Crippen LogP contribution in [-0.2, 0) is 4.79 Å². The Bertz CT molecular complexity index is 1300. The van der Waals surface area contributed by atoms with Gasteiger partial charge in [-0.25, -0.2) is 4.98 Å². The topological polar surface area (TPSA) is 85.9 Å². The van der Waals surface area contributed by atoms with Gasteiger partial charge in [-0.3, -0.25) is 4.79 Å². The maximum absolute atomic E-state index is 12.4. The highest BCUT2D eigenvalue weighted by Gasteiger charge is 2.28. The molecule has 3 aromatic rings. The second kappa shape index (κ2) is 10.5. The molecule has 0 atom stereocenters. The summed E-state index contributed by atoms with van der Waals surface area (Å²) in [4.78, 5) is 28.1. The molecule has 2 aromatic carbocycles. The lowest BCUT2D eigenvalue weighted by atomic mass is 10.2. The third-order valence-corrected chi connectivity index (χ3v) is 6.83. The zero-order valence-electron chi connectivity index (χ0n) is 21.6. The number of nitrogens with one attached hydrogen (secondary N) is 2. The van der Waals surface area contributed by atoms with Crippen LogP contribution in [0.1, 0.15) is 19.4 Å². The van der Waals surface area contributed by atoms with E-state index in [4.69, 9.17) is 9.72 Å². The van der Waals surface area contributed by atoms with Crippen molar-refractivity contribution >= 4 is 40.4 Å². The van der Waals surface area contributed by atoms with E-state index in [0.717, 1.165) is 49.7 Å². The minimum Gasteiger partial charge on any atom is -0.450 e. The molecule has 1 amide bonds. The molecule has 0 saturated carbocycles. The van der Waals surface area contributed by atoms with Crippen molar-refractivity contribution in [1.29, 1.82) is 0 Å². The smallest absolute Gasteiger partial charge is 0.293 e. The highest BCUT2D eigenvalue weighted by atomic mass is 16.5. The largest absolute Gasteiger partial charge is 0.450 e. The number of hydrogen-bond donors (Lipinski definition) is 2. The van der Waals surface area contributed by atoms with Crippen LogP contribution in [0, 0.1) is 6.92 Å². The van der Waals surface area contributed by atoms with Crippen molar-refractivity contribution in [1.82, 2.24) is 14.9 Å². The number of piperazine rings is 1. The quantitative estimate of drug-likeness (QED) is 0.454. The molecule has 192 valence electrons. The van der Waals surface area contributed by atoms with E-state index >= 15 is 0 Å². The summed E-state index contributed by atoms with van der Waals surface area (Å²) in [5, 5.41) is 6.67. The summed E-state index contributed by atoms with van der Waals surface area (Å²) in [5.41, 5.74) is 4.55. The Morgan fingerprint density at radius 1 is 0.973 bits per heavy atom. The minimum atomic E-state index is -0.230. The minimum absolute atomic E-state index is 0.129. The Balaban J connectivity index is 1.29. The van der Waals surface area contributed by atoms with Gasteiger partial charge in [-0.15, -0.1) is 0 Å². The van der Waals surface area contributed by atoms with Gasteiger partial charge in [-0.2, -0.15) is 4.98 Å². The third kappa shape index (κ3) is 5.22. The van der Waals surface area contributed by atoms with E-state index in [9.17, 15) is 4.79 Å². The van der Waals surface area contributed by atoms with Gasteiger partial charge in [0.1, 0.15) is 5.82 Å². The van der Waals surface area contributed by atoms with Crippen LogP contribution in [0.4, 0.5) is 34.5 Å². The number of fused-ring (bicyclic) bond motifs is 1. The SMILES string of the molecule is C=C1Oc2ccc(Nc3nc(Nc4ccc(N5CCN(CC)CC5)cc4)ncc3C)cc2N(CC)C1=O. The molecule has 3 heterocycles. The van der Waals surface area contributed by atoms with Crippen LogP contribution in [0.3, 0.4) is 0 Å². The molecule has 2 N–H and O–H groups in total. The maximum atomic E-state index is 12.4. The fourth-order valence-electron chi connectivity index (χ4n) is 4.62. The highest BCUT2D eigenvalue weighted by Crippen LogP contribution is 2.37. The molecule has 2 aliphatic rings. The number of rotatable bonds is 7. The molecule has 5 rings (SSSR count). The van der Waals surface area contributed by atoms with E-state index in [1.54, 1.807) is 11.1 Å². The molecular formula is C28H33N7O2. The number of carbonyl (C=O) groups is 1. The number of carbonyl (C=O) groups excluding carboxylic acids is 1. The Morgan fingerprint density at radius 3 is 2.41 bits per heavy atom. The van der Waals surface area contributed by atoms with Crippen molar-refractivity contribution in [2.24, 2.45) is 0 Å². The van der Waals surface area contributed by atoms with Gasteiger partial charge in [-0.05, 0) is 62.9 Å². The number of likely N-dealkylation sites (N-methyl/N-ethyl adjacent to an activating group) is 2. The molecule has 1 saturated heterocycles. The molecule has 0 radical (unpaired) electrons. The Kier molecular flexibility index (Phi) is 6.96. The van der Waals surface area contributed by atoms with Crippen LogP contribution in [-0.4, -0.2) is 60.0 Å². The number of amides is 1. The number of benzene rings is 2. The third-order valence-electron chi connectivity index (χ3n) is 6.83. The predicted molar refractivity (Wildman–Crippen MR) is 148 cm³/mol. The fraction of sp³-hybridized carbons (Fsp3) is 0.321. The van der Waals surface area contributed by atoms with Crippen LogP contribution in [0.5, 0.6) is 5.75 Å². The first kappa shape index (κ1) is 24.6. The summed E-state index contributed by atoms with van der Waals surface area (Å²) >= 11 is 0. The number of ether oxygens (including phenoxy) is 1. The van der Waals surface area contributed by atoms with Crippen molar-refractivity contribution in [2.45, 2.75) is 20.8 Å². The van der Waals surface area contributed by atoms with Gasteiger partial charge in [0, 0.05) is 61.5 Å². The second-order valence-corrected chi connectivity index (χ2v) is 9.20. The van der Waals surface area contributed by atoms with E-state index in [2.05, 4.69) is 63.2 Å². The molecule has 0 spiro atoms. The summed E-state index contributed by atoms with van der Waals surface area (Å²) in [6.45, 7) is 15.7. The first-order chi connectivity index (χ1) is 17.9. The van der Waals surface area contributed by atoms with Crippen LogP contribution < -0.4 is 25.2 Å². The molecular weight excluding hydrogens is 466 g/mol.